The Morgan fingerprint density at radius 2 is 1.67 bits per heavy atom. The molecule has 0 aliphatic carbocycles. The third kappa shape index (κ3) is 1.43. The highest BCUT2D eigenvalue weighted by Crippen LogP contribution is 2.01. The fraction of sp³-hybridized carbons (Fsp3) is 1.00. The van der Waals surface area contributed by atoms with Crippen molar-refractivity contribution in [2.75, 3.05) is 20.1 Å². The van der Waals surface area contributed by atoms with Crippen molar-refractivity contribution in [3.8, 4) is 0 Å². The Kier molecular flexibility index (Phi) is 2.09. The van der Waals surface area contributed by atoms with Gasteiger partial charge in [-0.15, -0.1) is 0 Å². The van der Waals surface area contributed by atoms with Gasteiger partial charge in [0.25, 0.3) is 0 Å². The number of rotatable bonds is 0. The lowest BCUT2D eigenvalue weighted by molar-refractivity contribution is 0.253. The molecule has 2 unspecified atom stereocenters. The Morgan fingerprint density at radius 3 is 2.00 bits per heavy atom. The van der Waals surface area contributed by atoms with E-state index < -0.39 is 0 Å². The molecule has 9 heavy (non-hydrogen) atoms. The van der Waals surface area contributed by atoms with Gasteiger partial charge in [-0.25, -0.2) is 0 Å². The minimum atomic E-state index is 0.703. The minimum absolute atomic E-state index is 0.703. The molecule has 0 saturated carbocycles. The predicted molar refractivity (Wildman–Crippen MR) is 39.9 cm³/mol. The van der Waals surface area contributed by atoms with Crippen molar-refractivity contribution in [3.05, 3.63) is 0 Å². The van der Waals surface area contributed by atoms with Crippen LogP contribution in [0.15, 0.2) is 0 Å². The fourth-order valence-electron chi connectivity index (χ4n) is 1.22. The summed E-state index contributed by atoms with van der Waals surface area (Å²) >= 11 is 0. The van der Waals surface area contributed by atoms with Crippen LogP contribution in [0.3, 0.4) is 0 Å². The monoisotopic (exact) mass is 128 g/mol. The van der Waals surface area contributed by atoms with Crippen molar-refractivity contribution in [2.45, 2.75) is 25.9 Å². The van der Waals surface area contributed by atoms with Gasteiger partial charge in [0.1, 0.15) is 19.1 Å². The molecule has 1 rings (SSSR count). The zero-order valence-electron chi connectivity index (χ0n) is 6.52. The molecule has 53 valence electrons. The minimum Gasteiger partial charge on any atom is -0.305 e. The van der Waals surface area contributed by atoms with Crippen LogP contribution in [0.1, 0.15) is 13.8 Å². The molecule has 2 nitrogen and oxygen atoms in total. The van der Waals surface area contributed by atoms with E-state index in [0.29, 0.717) is 12.1 Å². The first kappa shape index (κ1) is 7.03. The summed E-state index contributed by atoms with van der Waals surface area (Å²) in [4.78, 5) is 2.41. The Hall–Kier alpha value is -0.0800. The molecule has 1 saturated heterocycles. The summed E-state index contributed by atoms with van der Waals surface area (Å²) in [5, 5.41) is 3.37. The van der Waals surface area contributed by atoms with Gasteiger partial charge in [0.15, 0.2) is 0 Å². The zero-order chi connectivity index (χ0) is 6.85. The van der Waals surface area contributed by atoms with Crippen LogP contribution in [0.25, 0.3) is 0 Å². The maximum atomic E-state index is 3.37. The highest BCUT2D eigenvalue weighted by atomic mass is 15.2. The molecule has 0 spiro atoms. The molecule has 1 aliphatic heterocycles. The number of nitrogens with one attached hydrogen (secondary N) is 1. The molecular weight excluding hydrogens is 112 g/mol. The van der Waals surface area contributed by atoms with Crippen molar-refractivity contribution in [1.82, 2.24) is 10.2 Å². The Labute approximate surface area is 57.2 Å². The molecule has 2 heteroatoms. The summed E-state index contributed by atoms with van der Waals surface area (Å²) < 4.78 is 0. The lowest BCUT2D eigenvalue weighted by Gasteiger charge is -2.26. The third-order valence-electron chi connectivity index (χ3n) is 2.27. The van der Waals surface area contributed by atoms with Gasteiger partial charge in [-0.1, -0.05) is 0 Å². The third-order valence-corrected chi connectivity index (χ3v) is 2.27. The van der Waals surface area contributed by atoms with E-state index in [1.165, 1.54) is 0 Å². The number of hydrogen-bond donors (Lipinski definition) is 1. The number of hydrogen-bond acceptors (Lipinski definition) is 2. The quantitative estimate of drug-likeness (QED) is 0.459. The van der Waals surface area contributed by atoms with Crippen LogP contribution in [0.5, 0.6) is 0 Å². The van der Waals surface area contributed by atoms with Crippen LogP contribution in [-0.4, -0.2) is 32.2 Å². The molecule has 1 heterocycles. The summed E-state index contributed by atoms with van der Waals surface area (Å²) in [5.41, 5.74) is 0. The second-order valence-electron chi connectivity index (χ2n) is 3.02. The molecule has 0 aromatic heterocycles. The Balaban J connectivity index is 2.41. The smallest absolute Gasteiger partial charge is 0.142 e. The van der Waals surface area contributed by atoms with E-state index in [1.54, 1.807) is 0 Å². The van der Waals surface area contributed by atoms with Gasteiger partial charge in [0, 0.05) is 0 Å². The summed E-state index contributed by atoms with van der Waals surface area (Å²) in [5.74, 6) is 0. The maximum Gasteiger partial charge on any atom is 0.142 e. The highest BCUT2D eigenvalue weighted by molar-refractivity contribution is 4.83. The van der Waals surface area contributed by atoms with Crippen molar-refractivity contribution >= 4 is 0 Å². The summed E-state index contributed by atoms with van der Waals surface area (Å²) in [7, 11) is 2.19. The number of nitrogens with zero attached hydrogens (tertiary/aromatic N) is 1. The predicted octanol–water partition coefficient (Wildman–Crippen LogP) is 0.137. The molecule has 0 amide bonds. The van der Waals surface area contributed by atoms with Gasteiger partial charge in [-0.3, -0.25) is 0 Å². The van der Waals surface area contributed by atoms with E-state index in [4.69, 9.17) is 0 Å². The zero-order valence-corrected chi connectivity index (χ0v) is 6.52. The van der Waals surface area contributed by atoms with Gasteiger partial charge in [0.05, 0.1) is 13.1 Å². The largest absolute Gasteiger partial charge is 0.305 e. The maximum absolute atomic E-state index is 3.37. The van der Waals surface area contributed by atoms with E-state index in [-0.39, 0.29) is 0 Å². The Bertz CT molecular complexity index is 82.9. The van der Waals surface area contributed by atoms with Gasteiger partial charge in [-0.2, -0.15) is 4.90 Å². The first-order valence-corrected chi connectivity index (χ1v) is 3.64. The van der Waals surface area contributed by atoms with Gasteiger partial charge in [0.2, 0.25) is 0 Å². The van der Waals surface area contributed by atoms with Gasteiger partial charge in [-0.05, 0) is 13.8 Å². The van der Waals surface area contributed by atoms with Crippen molar-refractivity contribution in [2.24, 2.45) is 0 Å². The van der Waals surface area contributed by atoms with Crippen molar-refractivity contribution < 1.29 is 0 Å². The number of piperazine rings is 1. The normalized spacial score (nSPS) is 39.0. The van der Waals surface area contributed by atoms with E-state index in [2.05, 4.69) is 31.1 Å². The molecule has 1 fully saturated rings. The molecule has 1 radical (unpaired) electrons. The van der Waals surface area contributed by atoms with Crippen LogP contribution < -0.4 is 10.2 Å². The highest BCUT2D eigenvalue weighted by Gasteiger charge is 2.28. The molecule has 1 aliphatic rings. The lowest BCUT2D eigenvalue weighted by Crippen LogP contribution is -2.56. The van der Waals surface area contributed by atoms with Gasteiger partial charge >= 0.3 is 0 Å². The van der Waals surface area contributed by atoms with E-state index in [1.807, 2.05) is 0 Å². The van der Waals surface area contributed by atoms with Crippen LogP contribution in [0.4, 0.5) is 0 Å². The molecule has 0 bridgehead atoms. The van der Waals surface area contributed by atoms with Crippen LogP contribution in [0.2, 0.25) is 0 Å². The average molecular weight is 128 g/mol. The average Bonchev–Trinajstić information content (AvgIpc) is 1.83. The lowest BCUT2D eigenvalue weighted by atomic mass is 10.1. The standard InChI is InChI=1S/C7H16N2/c1-6-4-8-5-7(2)9(6)3/h6-8H,4-5H2,1-3H3/q+1. The Morgan fingerprint density at radius 1 is 1.22 bits per heavy atom. The molecule has 0 aromatic carbocycles. The van der Waals surface area contributed by atoms with E-state index >= 15 is 0 Å². The second kappa shape index (κ2) is 2.67. The summed E-state index contributed by atoms with van der Waals surface area (Å²) in [6, 6.07) is 1.41. The fourth-order valence-corrected chi connectivity index (χ4v) is 1.22. The molecule has 1 N–H and O–H groups in total. The first-order valence-electron chi connectivity index (χ1n) is 3.64. The van der Waals surface area contributed by atoms with Crippen LogP contribution in [-0.2, 0) is 0 Å². The molecule has 0 aromatic rings. The van der Waals surface area contributed by atoms with Crippen molar-refractivity contribution in [1.29, 1.82) is 0 Å². The summed E-state index contributed by atoms with van der Waals surface area (Å²) in [6.45, 7) is 6.78. The second-order valence-corrected chi connectivity index (χ2v) is 3.02. The molecular formula is C7H16N2+. The van der Waals surface area contributed by atoms with E-state index in [0.717, 1.165) is 13.1 Å². The van der Waals surface area contributed by atoms with Crippen LogP contribution in [0, 0.1) is 0 Å². The molecule has 2 atom stereocenters. The topological polar surface area (TPSA) is 17.9 Å². The van der Waals surface area contributed by atoms with Gasteiger partial charge < -0.3 is 5.32 Å². The summed E-state index contributed by atoms with van der Waals surface area (Å²) in [6.07, 6.45) is 0. The van der Waals surface area contributed by atoms with E-state index in [9.17, 15) is 0 Å². The van der Waals surface area contributed by atoms with Crippen LogP contribution >= 0.6 is 0 Å². The number of likely N-dealkylation sites (N-methyl/N-ethyl adjacent to an activating group) is 1. The van der Waals surface area contributed by atoms with Crippen molar-refractivity contribution in [3.63, 3.8) is 0 Å². The first-order chi connectivity index (χ1) is 4.22. The SMILES string of the molecule is CC1CNCC(C)[N+]1C.